The number of rotatable bonds is 5. The molecule has 0 spiro atoms. The van der Waals surface area contributed by atoms with Gasteiger partial charge in [0.05, 0.1) is 16.4 Å². The summed E-state index contributed by atoms with van der Waals surface area (Å²) in [7, 11) is 0. The molecule has 1 fully saturated rings. The van der Waals surface area contributed by atoms with Crippen LogP contribution < -0.4 is 11.1 Å². The van der Waals surface area contributed by atoms with Crippen molar-refractivity contribution in [3.8, 4) is 0 Å². The lowest BCUT2D eigenvalue weighted by atomic mass is 9.84. The van der Waals surface area contributed by atoms with Crippen LogP contribution in [0.3, 0.4) is 0 Å². The fraction of sp³-hybridized carbons (Fsp3) is 0.316. The number of nitrogens with two attached hydrogens (primary N) is 1. The number of aromatic nitrogens is 1. The number of carbonyl (C=O) groups is 1. The summed E-state index contributed by atoms with van der Waals surface area (Å²) in [5, 5.41) is 12.9. The monoisotopic (exact) mass is 438 g/mol. The van der Waals surface area contributed by atoms with E-state index in [0.29, 0.717) is 11.4 Å². The van der Waals surface area contributed by atoms with Crippen molar-refractivity contribution in [2.45, 2.75) is 16.7 Å². The van der Waals surface area contributed by atoms with Crippen LogP contribution in [-0.2, 0) is 5.54 Å². The van der Waals surface area contributed by atoms with Crippen molar-refractivity contribution in [1.82, 2.24) is 4.98 Å². The zero-order chi connectivity index (χ0) is 20.8. The molecular formula is C19H17ClF2N4O2S. The standard InChI is InChI=1S/C19H17ClF2N4O2S/c20-10-1-4-14(24-7-10)16(28)25-11-2-3-13(22)12(5-11)19(8-21)15-6-18(15,9-27)29-17(23)26-19/h1-5,7,15,27H,6,8-9H2,(H2,23,26)(H,25,28)/t15-,18-,19-/m1/s1. The lowest BCUT2D eigenvalue weighted by Crippen LogP contribution is -2.41. The van der Waals surface area contributed by atoms with Crippen LogP contribution in [0.15, 0.2) is 41.5 Å². The Labute approximate surface area is 174 Å². The van der Waals surface area contributed by atoms with Crippen molar-refractivity contribution in [3.63, 3.8) is 0 Å². The molecule has 29 heavy (non-hydrogen) atoms. The van der Waals surface area contributed by atoms with E-state index in [1.165, 1.54) is 42.2 Å². The topological polar surface area (TPSA) is 101 Å². The molecule has 0 radical (unpaired) electrons. The second kappa shape index (κ2) is 7.23. The third kappa shape index (κ3) is 3.37. The van der Waals surface area contributed by atoms with Crippen LogP contribution in [0, 0.1) is 11.7 Å². The Kier molecular flexibility index (Phi) is 5.00. The second-order valence-electron chi connectivity index (χ2n) is 7.10. The zero-order valence-corrected chi connectivity index (χ0v) is 16.6. The molecule has 4 N–H and O–H groups in total. The molecule has 6 nitrogen and oxygen atoms in total. The highest BCUT2D eigenvalue weighted by Crippen LogP contribution is 2.65. The number of pyridine rings is 1. The Bertz CT molecular complexity index is 1010. The van der Waals surface area contributed by atoms with Gasteiger partial charge in [0.1, 0.15) is 23.7 Å². The predicted octanol–water partition coefficient (Wildman–Crippen LogP) is 3.10. The number of amides is 1. The number of benzene rings is 1. The third-order valence-corrected chi connectivity index (χ3v) is 6.85. The van der Waals surface area contributed by atoms with Gasteiger partial charge in [-0.05, 0) is 36.8 Å². The normalized spacial score (nSPS) is 27.7. The van der Waals surface area contributed by atoms with E-state index < -0.39 is 34.6 Å². The highest BCUT2D eigenvalue weighted by atomic mass is 35.5. The van der Waals surface area contributed by atoms with E-state index in [4.69, 9.17) is 17.3 Å². The number of thioether (sulfide) groups is 1. The van der Waals surface area contributed by atoms with Gasteiger partial charge in [-0.1, -0.05) is 23.4 Å². The van der Waals surface area contributed by atoms with E-state index in [1.807, 2.05) is 0 Å². The summed E-state index contributed by atoms with van der Waals surface area (Å²) in [5.74, 6) is -1.58. The number of hydrogen-bond donors (Lipinski definition) is 3. The number of aliphatic imine (C=N–C) groups is 1. The lowest BCUT2D eigenvalue weighted by Gasteiger charge is -2.34. The second-order valence-corrected chi connectivity index (χ2v) is 8.97. The number of nitrogens with one attached hydrogen (secondary N) is 1. The fourth-order valence-electron chi connectivity index (χ4n) is 3.80. The van der Waals surface area contributed by atoms with Crippen LogP contribution >= 0.6 is 23.4 Å². The molecule has 0 unspecified atom stereocenters. The molecule has 1 aliphatic heterocycles. The highest BCUT2D eigenvalue weighted by molar-refractivity contribution is 8.15. The van der Waals surface area contributed by atoms with Gasteiger partial charge in [-0.2, -0.15) is 0 Å². The van der Waals surface area contributed by atoms with Crippen LogP contribution in [0.1, 0.15) is 22.5 Å². The molecule has 1 aromatic heterocycles. The quantitative estimate of drug-likeness (QED) is 0.666. The Balaban J connectivity index is 1.69. The zero-order valence-electron chi connectivity index (χ0n) is 15.0. The molecule has 0 bridgehead atoms. The summed E-state index contributed by atoms with van der Waals surface area (Å²) < 4.78 is 28.4. The van der Waals surface area contributed by atoms with Gasteiger partial charge >= 0.3 is 0 Å². The molecule has 1 aliphatic carbocycles. The number of alkyl halides is 1. The average Bonchev–Trinajstić information content (AvgIpc) is 3.44. The van der Waals surface area contributed by atoms with E-state index in [0.717, 1.165) is 6.07 Å². The maximum atomic E-state index is 14.8. The Morgan fingerprint density at radius 3 is 2.86 bits per heavy atom. The average molecular weight is 439 g/mol. The van der Waals surface area contributed by atoms with Crippen LogP contribution in [0.4, 0.5) is 14.5 Å². The molecule has 2 heterocycles. The van der Waals surface area contributed by atoms with Crippen LogP contribution in [0.5, 0.6) is 0 Å². The number of halogens is 3. The van der Waals surface area contributed by atoms with Gasteiger partial charge < -0.3 is 16.2 Å². The molecule has 4 rings (SSSR count). The first kappa shape index (κ1) is 20.1. The smallest absolute Gasteiger partial charge is 0.274 e. The molecule has 152 valence electrons. The van der Waals surface area contributed by atoms with E-state index >= 15 is 0 Å². The van der Waals surface area contributed by atoms with Gasteiger partial charge in [-0.3, -0.25) is 4.79 Å². The number of amidine groups is 1. The number of carbonyl (C=O) groups excluding carboxylic acids is 1. The fourth-order valence-corrected chi connectivity index (χ4v) is 5.19. The molecule has 3 atom stereocenters. The predicted molar refractivity (Wildman–Crippen MR) is 108 cm³/mol. The summed E-state index contributed by atoms with van der Waals surface area (Å²) in [6, 6.07) is 6.85. The van der Waals surface area contributed by atoms with Crippen molar-refractivity contribution in [3.05, 3.63) is 58.6 Å². The van der Waals surface area contributed by atoms with Crippen LogP contribution in [0.25, 0.3) is 0 Å². The third-order valence-electron chi connectivity index (χ3n) is 5.34. The van der Waals surface area contributed by atoms with E-state index in [1.54, 1.807) is 0 Å². The summed E-state index contributed by atoms with van der Waals surface area (Å²) >= 11 is 6.97. The van der Waals surface area contributed by atoms with Crippen LogP contribution in [0.2, 0.25) is 5.02 Å². The Morgan fingerprint density at radius 2 is 2.21 bits per heavy atom. The molecule has 1 amide bonds. The number of fused-ring (bicyclic) bond motifs is 1. The first-order valence-corrected chi connectivity index (χ1v) is 9.97. The Morgan fingerprint density at radius 1 is 1.41 bits per heavy atom. The minimum atomic E-state index is -1.54. The SMILES string of the molecule is NC1=N[C@](CF)(c2cc(NC(=O)c3ccc(Cl)cn3)ccc2F)[C@@H]2C[C@]2(CO)S1. The van der Waals surface area contributed by atoms with Crippen molar-refractivity contribution in [1.29, 1.82) is 0 Å². The maximum absolute atomic E-state index is 14.8. The van der Waals surface area contributed by atoms with E-state index in [9.17, 15) is 18.7 Å². The van der Waals surface area contributed by atoms with Crippen molar-refractivity contribution < 1.29 is 18.7 Å². The van der Waals surface area contributed by atoms with E-state index in [2.05, 4.69) is 15.3 Å². The molecule has 0 saturated heterocycles. The van der Waals surface area contributed by atoms with Gasteiger partial charge in [0.25, 0.3) is 5.91 Å². The largest absolute Gasteiger partial charge is 0.395 e. The summed E-state index contributed by atoms with van der Waals surface area (Å²) in [6.07, 6.45) is 1.80. The van der Waals surface area contributed by atoms with Crippen LogP contribution in [-0.4, -0.2) is 39.2 Å². The minimum absolute atomic E-state index is 0.00885. The molecule has 1 saturated carbocycles. The highest BCUT2D eigenvalue weighted by Gasteiger charge is 2.68. The molecule has 10 heteroatoms. The molecule has 2 aromatic rings. The first-order chi connectivity index (χ1) is 13.8. The molecule has 1 aromatic carbocycles. The first-order valence-electron chi connectivity index (χ1n) is 8.78. The number of anilines is 1. The number of aliphatic hydroxyl groups is 1. The van der Waals surface area contributed by atoms with Gasteiger partial charge in [-0.15, -0.1) is 0 Å². The van der Waals surface area contributed by atoms with Crippen molar-refractivity contribution >= 4 is 40.1 Å². The summed E-state index contributed by atoms with van der Waals surface area (Å²) in [4.78, 5) is 20.6. The van der Waals surface area contributed by atoms with Gasteiger partial charge in [0.15, 0.2) is 5.17 Å². The lowest BCUT2D eigenvalue weighted by molar-refractivity contribution is 0.102. The van der Waals surface area contributed by atoms with Gasteiger partial charge in [0.2, 0.25) is 0 Å². The summed E-state index contributed by atoms with van der Waals surface area (Å²) in [6.45, 7) is -1.19. The number of hydrogen-bond acceptors (Lipinski definition) is 6. The maximum Gasteiger partial charge on any atom is 0.274 e. The number of aliphatic hydroxyl groups excluding tert-OH is 1. The molecular weight excluding hydrogens is 422 g/mol. The minimum Gasteiger partial charge on any atom is -0.395 e. The number of nitrogens with zero attached hydrogens (tertiary/aromatic N) is 2. The van der Waals surface area contributed by atoms with E-state index in [-0.39, 0.29) is 28.7 Å². The van der Waals surface area contributed by atoms with Gasteiger partial charge in [0, 0.05) is 23.4 Å². The molecule has 2 aliphatic rings. The Hall–Kier alpha value is -2.23. The van der Waals surface area contributed by atoms with Gasteiger partial charge in [-0.25, -0.2) is 18.8 Å². The summed E-state index contributed by atoms with van der Waals surface area (Å²) in [5.41, 5.74) is 4.72. The van der Waals surface area contributed by atoms with Crippen molar-refractivity contribution in [2.75, 3.05) is 18.6 Å². The van der Waals surface area contributed by atoms with Crippen molar-refractivity contribution in [2.24, 2.45) is 16.6 Å².